The van der Waals surface area contributed by atoms with Gasteiger partial charge in [-0.3, -0.25) is 0 Å². The molecule has 3 heteroatoms. The van der Waals surface area contributed by atoms with E-state index in [4.69, 9.17) is 9.47 Å². The van der Waals surface area contributed by atoms with Gasteiger partial charge >= 0.3 is 0 Å². The number of ether oxygens (including phenoxy) is 2. The van der Waals surface area contributed by atoms with Crippen molar-refractivity contribution in [1.82, 2.24) is 0 Å². The lowest BCUT2D eigenvalue weighted by Crippen LogP contribution is -2.51. The van der Waals surface area contributed by atoms with E-state index in [2.05, 4.69) is 19.9 Å². The highest BCUT2D eigenvalue weighted by molar-refractivity contribution is 5.25. The molecule has 3 saturated carbocycles. The predicted octanol–water partition coefficient (Wildman–Crippen LogP) is 5.71. The number of aliphatic hydroxyl groups is 1. The summed E-state index contributed by atoms with van der Waals surface area (Å²) in [5, 5.41) is 10.4. The highest BCUT2D eigenvalue weighted by Crippen LogP contribution is 2.66. The molecule has 4 aliphatic carbocycles. The molecule has 3 unspecified atom stereocenters. The van der Waals surface area contributed by atoms with Crippen LogP contribution in [0.15, 0.2) is 11.6 Å². The van der Waals surface area contributed by atoms with E-state index in [0.717, 1.165) is 30.6 Å². The van der Waals surface area contributed by atoms with Gasteiger partial charge in [0, 0.05) is 6.61 Å². The van der Waals surface area contributed by atoms with E-state index < -0.39 is 0 Å². The summed E-state index contributed by atoms with van der Waals surface area (Å²) in [4.78, 5) is 0. The normalized spacial score (nSPS) is 47.5. The first kappa shape index (κ1) is 20.9. The number of fused-ring (bicyclic) bond motifs is 5. The second-order valence-corrected chi connectivity index (χ2v) is 10.8. The summed E-state index contributed by atoms with van der Waals surface area (Å²) in [7, 11) is 0. The molecule has 0 bridgehead atoms. The van der Waals surface area contributed by atoms with Gasteiger partial charge in [0.2, 0.25) is 0 Å². The van der Waals surface area contributed by atoms with Crippen LogP contribution in [0.25, 0.3) is 0 Å². The Morgan fingerprint density at radius 3 is 2.61 bits per heavy atom. The molecular weight excluding hydrogens is 348 g/mol. The first-order valence-corrected chi connectivity index (χ1v) is 11.9. The molecule has 0 heterocycles. The van der Waals surface area contributed by atoms with E-state index in [-0.39, 0.29) is 12.4 Å². The largest absolute Gasteiger partial charge is 0.393 e. The molecule has 4 rings (SSSR count). The molecule has 28 heavy (non-hydrogen) atoms. The van der Waals surface area contributed by atoms with Gasteiger partial charge in [-0.05, 0) is 107 Å². The zero-order valence-corrected chi connectivity index (χ0v) is 18.7. The van der Waals surface area contributed by atoms with Crippen LogP contribution in [0.1, 0.15) is 86.0 Å². The number of rotatable bonds is 5. The highest BCUT2D eigenvalue weighted by Gasteiger charge is 2.59. The second kappa shape index (κ2) is 7.71. The molecule has 4 aliphatic rings. The van der Waals surface area contributed by atoms with E-state index >= 15 is 0 Å². The number of allylic oxidation sites excluding steroid dienone is 1. The van der Waals surface area contributed by atoms with Gasteiger partial charge in [-0.2, -0.15) is 0 Å². The van der Waals surface area contributed by atoms with E-state index in [1.54, 1.807) is 5.57 Å². The van der Waals surface area contributed by atoms with Crippen LogP contribution in [0.4, 0.5) is 0 Å². The van der Waals surface area contributed by atoms with Crippen LogP contribution in [-0.2, 0) is 9.47 Å². The lowest BCUT2D eigenvalue weighted by Gasteiger charge is -2.58. The molecule has 0 aromatic heterocycles. The van der Waals surface area contributed by atoms with Crippen LogP contribution >= 0.6 is 0 Å². The van der Waals surface area contributed by atoms with E-state index in [1.807, 2.05) is 20.8 Å². The molecule has 0 aromatic carbocycles. The fourth-order valence-electron chi connectivity index (χ4n) is 8.12. The Hall–Kier alpha value is -0.380. The fraction of sp³-hybridized carbons (Fsp3) is 0.920. The first-order valence-electron chi connectivity index (χ1n) is 11.9. The van der Waals surface area contributed by atoms with Crippen molar-refractivity contribution in [3.05, 3.63) is 11.6 Å². The fourth-order valence-corrected chi connectivity index (χ4v) is 8.12. The lowest BCUT2D eigenvalue weighted by atomic mass is 9.47. The molecule has 0 amide bonds. The van der Waals surface area contributed by atoms with E-state index in [1.165, 1.54) is 38.5 Å². The summed E-state index contributed by atoms with van der Waals surface area (Å²) in [6.07, 6.45) is 12.6. The van der Waals surface area contributed by atoms with Gasteiger partial charge in [0.05, 0.1) is 12.2 Å². The number of aliphatic hydroxyl groups excluding tert-OH is 1. The van der Waals surface area contributed by atoms with Crippen molar-refractivity contribution >= 4 is 0 Å². The van der Waals surface area contributed by atoms with Gasteiger partial charge in [-0.15, -0.1) is 0 Å². The van der Waals surface area contributed by atoms with E-state index in [9.17, 15) is 5.11 Å². The minimum atomic E-state index is -0.156. The van der Waals surface area contributed by atoms with Crippen LogP contribution in [0.5, 0.6) is 0 Å². The molecule has 1 N–H and O–H groups in total. The van der Waals surface area contributed by atoms with Gasteiger partial charge < -0.3 is 14.6 Å². The maximum Gasteiger partial charge on any atom is 0.155 e. The predicted molar refractivity (Wildman–Crippen MR) is 113 cm³/mol. The van der Waals surface area contributed by atoms with Gasteiger partial charge in [0.25, 0.3) is 0 Å². The van der Waals surface area contributed by atoms with Crippen molar-refractivity contribution in [2.24, 2.45) is 34.5 Å². The SMILES string of the molecule is CCOC(C)OC1CC[C@@]2(C)C(=CC[C@H]3[C@@H]4CC[C@H](C(C)O)[C@@]4(C)CC[C@@H]32)C1. The third kappa shape index (κ3) is 3.30. The Labute approximate surface area is 172 Å². The van der Waals surface area contributed by atoms with Crippen LogP contribution in [0.2, 0.25) is 0 Å². The van der Waals surface area contributed by atoms with E-state index in [0.29, 0.717) is 29.5 Å². The molecule has 3 fully saturated rings. The van der Waals surface area contributed by atoms with Crippen LogP contribution in [0.3, 0.4) is 0 Å². The van der Waals surface area contributed by atoms with Crippen molar-refractivity contribution in [2.45, 2.75) is 104 Å². The molecular formula is C25H42O3. The second-order valence-electron chi connectivity index (χ2n) is 10.8. The third-order valence-corrected chi connectivity index (χ3v) is 9.50. The molecule has 3 nitrogen and oxygen atoms in total. The molecule has 0 aliphatic heterocycles. The Balaban J connectivity index is 1.51. The van der Waals surface area contributed by atoms with Crippen LogP contribution < -0.4 is 0 Å². The Bertz CT molecular complexity index is 599. The summed E-state index contributed by atoms with van der Waals surface area (Å²) < 4.78 is 11.8. The Kier molecular flexibility index (Phi) is 5.74. The minimum absolute atomic E-state index is 0.0948. The van der Waals surface area contributed by atoms with Crippen molar-refractivity contribution in [3.8, 4) is 0 Å². The third-order valence-electron chi connectivity index (χ3n) is 9.50. The molecule has 0 radical (unpaired) electrons. The quantitative estimate of drug-likeness (QED) is 0.482. The summed E-state index contributed by atoms with van der Waals surface area (Å²) in [5.74, 6) is 2.94. The molecule has 0 aromatic rings. The molecule has 160 valence electrons. The van der Waals surface area contributed by atoms with Gasteiger partial charge in [0.1, 0.15) is 0 Å². The van der Waals surface area contributed by atoms with Gasteiger partial charge in [-0.1, -0.05) is 25.5 Å². The van der Waals surface area contributed by atoms with Crippen LogP contribution in [-0.4, -0.2) is 30.2 Å². The standard InChI is InChI=1S/C25H42O3/c1-6-27-17(3)28-19-11-13-24(4)18(15-19)7-8-20-22-10-9-21(16(2)26)25(22,5)14-12-23(20)24/h7,16-17,19-23,26H,6,8-15H2,1-5H3/t16?,17?,19?,20-,21+,22-,23-,24-,25+/m0/s1. The lowest BCUT2D eigenvalue weighted by molar-refractivity contribution is -0.167. The average molecular weight is 391 g/mol. The molecule has 9 atom stereocenters. The number of hydrogen-bond acceptors (Lipinski definition) is 3. The van der Waals surface area contributed by atoms with Crippen molar-refractivity contribution in [3.63, 3.8) is 0 Å². The molecule has 0 spiro atoms. The van der Waals surface area contributed by atoms with Gasteiger partial charge in [-0.25, -0.2) is 0 Å². The van der Waals surface area contributed by atoms with Crippen LogP contribution in [0, 0.1) is 34.5 Å². The summed E-state index contributed by atoms with van der Waals surface area (Å²) in [5.41, 5.74) is 2.38. The maximum absolute atomic E-state index is 10.4. The zero-order chi connectivity index (χ0) is 20.1. The Morgan fingerprint density at radius 1 is 1.11 bits per heavy atom. The number of hydrogen-bond donors (Lipinski definition) is 1. The van der Waals surface area contributed by atoms with Crippen molar-refractivity contribution < 1.29 is 14.6 Å². The zero-order valence-electron chi connectivity index (χ0n) is 18.7. The summed E-state index contributed by atoms with van der Waals surface area (Å²) in [6, 6.07) is 0. The smallest absolute Gasteiger partial charge is 0.155 e. The first-order chi connectivity index (χ1) is 13.3. The van der Waals surface area contributed by atoms with Crippen molar-refractivity contribution in [2.75, 3.05) is 6.61 Å². The summed E-state index contributed by atoms with van der Waals surface area (Å²) in [6.45, 7) is 11.9. The summed E-state index contributed by atoms with van der Waals surface area (Å²) >= 11 is 0. The molecule has 0 saturated heterocycles. The monoisotopic (exact) mass is 390 g/mol. The maximum atomic E-state index is 10.4. The average Bonchev–Trinajstić information content (AvgIpc) is 2.99. The van der Waals surface area contributed by atoms with Crippen molar-refractivity contribution in [1.29, 1.82) is 0 Å². The minimum Gasteiger partial charge on any atom is -0.393 e. The Morgan fingerprint density at radius 2 is 1.89 bits per heavy atom. The topological polar surface area (TPSA) is 38.7 Å². The highest BCUT2D eigenvalue weighted by atomic mass is 16.7. The van der Waals surface area contributed by atoms with Gasteiger partial charge in [0.15, 0.2) is 6.29 Å².